The lowest BCUT2D eigenvalue weighted by Gasteiger charge is -2.11. The van der Waals surface area contributed by atoms with Gasteiger partial charge in [-0.05, 0) is 49.9 Å². The van der Waals surface area contributed by atoms with Gasteiger partial charge < -0.3 is 10.5 Å². The van der Waals surface area contributed by atoms with Crippen LogP contribution in [0.15, 0.2) is 18.2 Å². The van der Waals surface area contributed by atoms with Crippen molar-refractivity contribution in [3.63, 3.8) is 0 Å². The average Bonchev–Trinajstić information content (AvgIpc) is 2.75. The number of nitrogens with two attached hydrogens (primary N) is 1. The Kier molecular flexibility index (Phi) is 3.48. The Labute approximate surface area is 102 Å². The Morgan fingerprint density at radius 1 is 1.41 bits per heavy atom. The van der Waals surface area contributed by atoms with Crippen LogP contribution >= 0.6 is 0 Å². The quantitative estimate of drug-likeness (QED) is 0.815. The molecule has 0 aliphatic heterocycles. The molecule has 17 heavy (non-hydrogen) atoms. The van der Waals surface area contributed by atoms with Gasteiger partial charge in [0.2, 0.25) is 0 Å². The largest absolute Gasteiger partial charge is 0.497 e. The van der Waals surface area contributed by atoms with E-state index in [2.05, 4.69) is 0 Å². The van der Waals surface area contributed by atoms with Crippen LogP contribution in [0.5, 0.6) is 5.75 Å². The highest BCUT2D eigenvalue weighted by molar-refractivity contribution is 5.99. The molecule has 2 unspecified atom stereocenters. The highest BCUT2D eigenvalue weighted by Crippen LogP contribution is 2.29. The summed E-state index contributed by atoms with van der Waals surface area (Å²) in [7, 11) is 1.63. The van der Waals surface area contributed by atoms with E-state index in [1.165, 1.54) is 0 Å². The minimum Gasteiger partial charge on any atom is -0.497 e. The third kappa shape index (κ3) is 2.50. The van der Waals surface area contributed by atoms with E-state index in [1.807, 2.05) is 25.1 Å². The number of aryl methyl sites for hydroxylation is 1. The van der Waals surface area contributed by atoms with Crippen LogP contribution in [0.4, 0.5) is 0 Å². The molecule has 1 aliphatic carbocycles. The molecule has 0 amide bonds. The van der Waals surface area contributed by atoms with Crippen molar-refractivity contribution in [1.82, 2.24) is 0 Å². The van der Waals surface area contributed by atoms with Crippen molar-refractivity contribution in [2.45, 2.75) is 32.2 Å². The highest BCUT2D eigenvalue weighted by Gasteiger charge is 2.29. The first-order chi connectivity index (χ1) is 8.11. The first kappa shape index (κ1) is 12.1. The molecule has 92 valence electrons. The third-order valence-corrected chi connectivity index (χ3v) is 3.54. The van der Waals surface area contributed by atoms with Crippen LogP contribution in [0, 0.1) is 12.8 Å². The van der Waals surface area contributed by atoms with Gasteiger partial charge in [0.15, 0.2) is 5.78 Å². The Morgan fingerprint density at radius 3 is 2.71 bits per heavy atom. The molecule has 1 fully saturated rings. The number of rotatable bonds is 3. The van der Waals surface area contributed by atoms with Gasteiger partial charge in [0.1, 0.15) is 5.75 Å². The summed E-state index contributed by atoms with van der Waals surface area (Å²) in [6, 6.07) is 5.81. The van der Waals surface area contributed by atoms with Crippen LogP contribution in [0.25, 0.3) is 0 Å². The molecule has 0 heterocycles. The van der Waals surface area contributed by atoms with Crippen molar-refractivity contribution in [1.29, 1.82) is 0 Å². The second kappa shape index (κ2) is 4.88. The molecule has 1 saturated carbocycles. The van der Waals surface area contributed by atoms with Crippen molar-refractivity contribution in [3.8, 4) is 5.75 Å². The summed E-state index contributed by atoms with van der Waals surface area (Å²) in [5, 5.41) is 0. The van der Waals surface area contributed by atoms with E-state index in [9.17, 15) is 4.79 Å². The number of Topliss-reactive ketones (excluding diaryl/α,β-unsaturated/α-hetero) is 1. The number of methoxy groups -OCH3 is 1. The number of carbonyl (C=O) groups is 1. The first-order valence-corrected chi connectivity index (χ1v) is 6.06. The minimum absolute atomic E-state index is 0.108. The van der Waals surface area contributed by atoms with E-state index >= 15 is 0 Å². The zero-order chi connectivity index (χ0) is 12.4. The SMILES string of the molecule is COc1ccc(C(=O)C2CCC(N)C2)c(C)c1. The van der Waals surface area contributed by atoms with Gasteiger partial charge in [0.05, 0.1) is 7.11 Å². The summed E-state index contributed by atoms with van der Waals surface area (Å²) in [6.45, 7) is 1.95. The summed E-state index contributed by atoms with van der Waals surface area (Å²) in [5.41, 5.74) is 7.64. The Morgan fingerprint density at radius 2 is 2.18 bits per heavy atom. The van der Waals surface area contributed by atoms with Crippen molar-refractivity contribution in [2.75, 3.05) is 7.11 Å². The summed E-state index contributed by atoms with van der Waals surface area (Å²) in [4.78, 5) is 12.3. The first-order valence-electron chi connectivity index (χ1n) is 6.06. The fraction of sp³-hybridized carbons (Fsp3) is 0.500. The van der Waals surface area contributed by atoms with Crippen molar-refractivity contribution in [3.05, 3.63) is 29.3 Å². The van der Waals surface area contributed by atoms with Gasteiger partial charge in [-0.25, -0.2) is 0 Å². The molecule has 1 aliphatic rings. The maximum absolute atomic E-state index is 12.3. The van der Waals surface area contributed by atoms with Crippen LogP contribution in [-0.4, -0.2) is 18.9 Å². The summed E-state index contributed by atoms with van der Waals surface area (Å²) >= 11 is 0. The molecule has 0 bridgehead atoms. The van der Waals surface area contributed by atoms with Crippen LogP contribution < -0.4 is 10.5 Å². The van der Waals surface area contributed by atoms with E-state index in [0.29, 0.717) is 0 Å². The molecular weight excluding hydrogens is 214 g/mol. The molecule has 3 nitrogen and oxygen atoms in total. The second-order valence-corrected chi connectivity index (χ2v) is 4.82. The molecule has 0 aromatic heterocycles. The Bertz CT molecular complexity index is 428. The van der Waals surface area contributed by atoms with E-state index < -0.39 is 0 Å². The summed E-state index contributed by atoms with van der Waals surface area (Å²) < 4.78 is 5.14. The number of hydrogen-bond acceptors (Lipinski definition) is 3. The number of carbonyl (C=O) groups excluding carboxylic acids is 1. The topological polar surface area (TPSA) is 52.3 Å². The average molecular weight is 233 g/mol. The molecule has 2 rings (SSSR count). The third-order valence-electron chi connectivity index (χ3n) is 3.54. The van der Waals surface area contributed by atoms with Crippen LogP contribution in [0.3, 0.4) is 0 Å². The smallest absolute Gasteiger partial charge is 0.166 e. The Hall–Kier alpha value is -1.35. The zero-order valence-corrected chi connectivity index (χ0v) is 10.4. The van der Waals surface area contributed by atoms with Crippen LogP contribution in [-0.2, 0) is 0 Å². The van der Waals surface area contributed by atoms with E-state index in [1.54, 1.807) is 7.11 Å². The maximum atomic E-state index is 12.3. The molecular formula is C14H19NO2. The number of ether oxygens (including phenoxy) is 1. The molecule has 0 radical (unpaired) electrons. The van der Waals surface area contributed by atoms with Crippen molar-refractivity contribution < 1.29 is 9.53 Å². The van der Waals surface area contributed by atoms with Gasteiger partial charge in [-0.2, -0.15) is 0 Å². The summed E-state index contributed by atoms with van der Waals surface area (Å²) in [5.74, 6) is 1.14. The molecule has 3 heteroatoms. The lowest BCUT2D eigenvalue weighted by molar-refractivity contribution is 0.0921. The minimum atomic E-state index is 0.108. The molecule has 0 saturated heterocycles. The lowest BCUT2D eigenvalue weighted by atomic mass is 9.93. The normalized spacial score (nSPS) is 23.7. The molecule has 0 spiro atoms. The Balaban J connectivity index is 2.19. The monoisotopic (exact) mass is 233 g/mol. The maximum Gasteiger partial charge on any atom is 0.166 e. The van der Waals surface area contributed by atoms with E-state index in [4.69, 9.17) is 10.5 Å². The van der Waals surface area contributed by atoms with Crippen LogP contribution in [0.1, 0.15) is 35.2 Å². The van der Waals surface area contributed by atoms with E-state index in [-0.39, 0.29) is 17.7 Å². The second-order valence-electron chi connectivity index (χ2n) is 4.82. The fourth-order valence-corrected chi connectivity index (χ4v) is 2.51. The van der Waals surface area contributed by atoms with E-state index in [0.717, 1.165) is 36.1 Å². The highest BCUT2D eigenvalue weighted by atomic mass is 16.5. The van der Waals surface area contributed by atoms with Gasteiger partial charge in [0.25, 0.3) is 0 Å². The fourth-order valence-electron chi connectivity index (χ4n) is 2.51. The van der Waals surface area contributed by atoms with Gasteiger partial charge in [0, 0.05) is 17.5 Å². The van der Waals surface area contributed by atoms with Gasteiger partial charge in [-0.3, -0.25) is 4.79 Å². The van der Waals surface area contributed by atoms with Gasteiger partial charge in [-0.15, -0.1) is 0 Å². The molecule has 2 N–H and O–H groups in total. The molecule has 2 atom stereocenters. The zero-order valence-electron chi connectivity index (χ0n) is 10.4. The lowest BCUT2D eigenvalue weighted by Crippen LogP contribution is -2.18. The number of ketones is 1. The predicted octanol–water partition coefficient (Wildman–Crippen LogP) is 2.31. The van der Waals surface area contributed by atoms with Crippen molar-refractivity contribution >= 4 is 5.78 Å². The predicted molar refractivity (Wildman–Crippen MR) is 67.4 cm³/mol. The van der Waals surface area contributed by atoms with Crippen LogP contribution in [0.2, 0.25) is 0 Å². The van der Waals surface area contributed by atoms with Gasteiger partial charge >= 0.3 is 0 Å². The van der Waals surface area contributed by atoms with Crippen molar-refractivity contribution in [2.24, 2.45) is 11.7 Å². The van der Waals surface area contributed by atoms with Gasteiger partial charge in [-0.1, -0.05) is 0 Å². The molecule has 1 aromatic carbocycles. The number of hydrogen-bond donors (Lipinski definition) is 1. The standard InChI is InChI=1S/C14H19NO2/c1-9-7-12(17-2)5-6-13(9)14(16)10-3-4-11(15)8-10/h5-7,10-11H,3-4,8,15H2,1-2H3. The number of benzene rings is 1. The molecule has 1 aromatic rings. The summed E-state index contributed by atoms with van der Waals surface area (Å²) in [6.07, 6.45) is 2.71.